The highest BCUT2D eigenvalue weighted by atomic mass is 35.5. The third-order valence-electron chi connectivity index (χ3n) is 3.09. The average Bonchev–Trinajstić information content (AvgIpc) is 2.40. The number of benzene rings is 1. The molecule has 1 aromatic rings. The van der Waals surface area contributed by atoms with Gasteiger partial charge in [0.2, 0.25) is 0 Å². The number of unbranched alkanes of at least 4 members (excludes halogenated alkanes) is 1. The fourth-order valence-corrected chi connectivity index (χ4v) is 2.36. The van der Waals surface area contributed by atoms with Gasteiger partial charge >= 0.3 is 0 Å². The molecule has 0 saturated carbocycles. The second kappa shape index (κ2) is 8.93. The summed E-state index contributed by atoms with van der Waals surface area (Å²) in [5.41, 5.74) is 2.37. The summed E-state index contributed by atoms with van der Waals surface area (Å²) < 4.78 is 5.86. The van der Waals surface area contributed by atoms with Crippen LogP contribution in [0.2, 0.25) is 5.02 Å². The molecule has 1 nitrogen and oxygen atoms in total. The molecule has 2 heteroatoms. The second-order valence-electron chi connectivity index (χ2n) is 5.17. The van der Waals surface area contributed by atoms with Gasteiger partial charge in [-0.05, 0) is 48.9 Å². The molecule has 0 spiro atoms. The van der Waals surface area contributed by atoms with Crippen LogP contribution in [0.25, 0.3) is 0 Å². The maximum Gasteiger partial charge on any atom is 0.126 e. The predicted molar refractivity (Wildman–Crippen MR) is 87.7 cm³/mol. The zero-order valence-electron chi connectivity index (χ0n) is 13.1. The van der Waals surface area contributed by atoms with E-state index in [1.54, 1.807) is 0 Å². The summed E-state index contributed by atoms with van der Waals surface area (Å²) in [6.07, 6.45) is 3.85. The van der Waals surface area contributed by atoms with Crippen LogP contribution in [0, 0.1) is 11.8 Å². The first-order chi connectivity index (χ1) is 9.60. The first-order valence-electron chi connectivity index (χ1n) is 7.50. The molecule has 0 aliphatic carbocycles. The van der Waals surface area contributed by atoms with Gasteiger partial charge in [0.1, 0.15) is 5.75 Å². The fraction of sp³-hybridized carbons (Fsp3) is 0.556. The summed E-state index contributed by atoms with van der Waals surface area (Å²) in [6.45, 7) is 9.17. The summed E-state index contributed by atoms with van der Waals surface area (Å²) in [4.78, 5) is 0. The van der Waals surface area contributed by atoms with Crippen LogP contribution in [0.5, 0.6) is 5.75 Å². The molecule has 0 unspecified atom stereocenters. The average molecular weight is 293 g/mol. The Kier molecular flexibility index (Phi) is 7.55. The Morgan fingerprint density at radius 1 is 1.15 bits per heavy atom. The molecule has 0 aromatic heterocycles. The van der Waals surface area contributed by atoms with Gasteiger partial charge in [0.25, 0.3) is 0 Å². The molecule has 0 fully saturated rings. The number of ether oxygens (including phenoxy) is 1. The molecule has 1 aromatic carbocycles. The first kappa shape index (κ1) is 16.9. The summed E-state index contributed by atoms with van der Waals surface area (Å²) in [6, 6.07) is 4.03. The van der Waals surface area contributed by atoms with Gasteiger partial charge in [-0.15, -0.1) is 11.8 Å². The van der Waals surface area contributed by atoms with Gasteiger partial charge in [0, 0.05) is 17.9 Å². The van der Waals surface area contributed by atoms with Gasteiger partial charge in [0.05, 0.1) is 6.61 Å². The van der Waals surface area contributed by atoms with E-state index >= 15 is 0 Å². The van der Waals surface area contributed by atoms with Crippen molar-refractivity contribution in [3.05, 3.63) is 28.3 Å². The molecule has 0 saturated heterocycles. The highest BCUT2D eigenvalue weighted by molar-refractivity contribution is 6.30. The third-order valence-corrected chi connectivity index (χ3v) is 3.31. The normalized spacial score (nSPS) is 10.3. The van der Waals surface area contributed by atoms with Crippen molar-refractivity contribution < 1.29 is 4.74 Å². The van der Waals surface area contributed by atoms with Gasteiger partial charge < -0.3 is 4.74 Å². The van der Waals surface area contributed by atoms with Crippen molar-refractivity contribution >= 4 is 11.6 Å². The minimum Gasteiger partial charge on any atom is -0.493 e. The van der Waals surface area contributed by atoms with E-state index in [9.17, 15) is 0 Å². The lowest BCUT2D eigenvalue weighted by atomic mass is 9.97. The largest absolute Gasteiger partial charge is 0.493 e. The molecule has 110 valence electrons. The molecule has 0 bridgehead atoms. The molecule has 0 N–H and O–H groups in total. The van der Waals surface area contributed by atoms with E-state index in [1.165, 1.54) is 11.1 Å². The van der Waals surface area contributed by atoms with Crippen molar-refractivity contribution in [1.29, 1.82) is 0 Å². The fourth-order valence-electron chi connectivity index (χ4n) is 2.11. The molecule has 0 aliphatic rings. The number of halogens is 1. The number of hydrogen-bond donors (Lipinski definition) is 0. The Hall–Kier alpha value is -1.13. The summed E-state index contributed by atoms with van der Waals surface area (Å²) >= 11 is 6.24. The van der Waals surface area contributed by atoms with Crippen LogP contribution in [0.1, 0.15) is 64.0 Å². The van der Waals surface area contributed by atoms with E-state index < -0.39 is 0 Å². The lowest BCUT2D eigenvalue weighted by Crippen LogP contribution is -2.03. The van der Waals surface area contributed by atoms with Crippen molar-refractivity contribution in [1.82, 2.24) is 0 Å². The van der Waals surface area contributed by atoms with E-state index in [4.69, 9.17) is 16.3 Å². The van der Waals surface area contributed by atoms with E-state index in [0.717, 1.165) is 36.5 Å². The Bertz CT molecular complexity index is 480. The molecule has 0 radical (unpaired) electrons. The van der Waals surface area contributed by atoms with Crippen LogP contribution in [0.15, 0.2) is 12.1 Å². The number of hydrogen-bond acceptors (Lipinski definition) is 1. The maximum atomic E-state index is 6.24. The number of rotatable bonds is 6. The molecular formula is C18H25ClO. The molecule has 0 atom stereocenters. The number of aryl methyl sites for hydroxylation is 1. The van der Waals surface area contributed by atoms with E-state index in [-0.39, 0.29) is 0 Å². The quantitative estimate of drug-likeness (QED) is 0.620. The smallest absolute Gasteiger partial charge is 0.126 e. The minimum absolute atomic E-state index is 0.403. The molecule has 0 amide bonds. The first-order valence-corrected chi connectivity index (χ1v) is 7.88. The van der Waals surface area contributed by atoms with Crippen molar-refractivity contribution in [3.63, 3.8) is 0 Å². The minimum atomic E-state index is 0.403. The van der Waals surface area contributed by atoms with Gasteiger partial charge in [0.15, 0.2) is 0 Å². The molecule has 20 heavy (non-hydrogen) atoms. The van der Waals surface area contributed by atoms with E-state index in [1.807, 2.05) is 19.1 Å². The highest BCUT2D eigenvalue weighted by Gasteiger charge is 2.14. The monoisotopic (exact) mass is 292 g/mol. The van der Waals surface area contributed by atoms with Crippen LogP contribution >= 0.6 is 11.6 Å². The lowest BCUT2D eigenvalue weighted by Gasteiger charge is -2.17. The van der Waals surface area contributed by atoms with Crippen LogP contribution in [0.4, 0.5) is 0 Å². The Morgan fingerprint density at radius 2 is 1.85 bits per heavy atom. The standard InChI is InChI=1S/C18H25ClO/c1-5-7-8-9-10-11-15-12-16(19)13-17(14(3)4)18(15)20-6-2/h12-14H,5-7,10-11H2,1-4H3. The van der Waals surface area contributed by atoms with Crippen molar-refractivity contribution in [2.24, 2.45) is 0 Å². The van der Waals surface area contributed by atoms with Gasteiger partial charge in [-0.2, -0.15) is 0 Å². The zero-order chi connectivity index (χ0) is 15.0. The van der Waals surface area contributed by atoms with Crippen molar-refractivity contribution in [2.45, 2.75) is 59.3 Å². The van der Waals surface area contributed by atoms with Gasteiger partial charge in [-0.25, -0.2) is 0 Å². The highest BCUT2D eigenvalue weighted by Crippen LogP contribution is 2.34. The van der Waals surface area contributed by atoms with Gasteiger partial charge in [-0.3, -0.25) is 0 Å². The summed E-state index contributed by atoms with van der Waals surface area (Å²) in [5, 5.41) is 0.786. The van der Waals surface area contributed by atoms with Crippen LogP contribution < -0.4 is 4.74 Å². The van der Waals surface area contributed by atoms with E-state index in [0.29, 0.717) is 12.5 Å². The zero-order valence-corrected chi connectivity index (χ0v) is 13.8. The Labute approximate surface area is 128 Å². The van der Waals surface area contributed by atoms with E-state index in [2.05, 4.69) is 32.6 Å². The molecule has 0 aliphatic heterocycles. The lowest BCUT2D eigenvalue weighted by molar-refractivity contribution is 0.331. The second-order valence-corrected chi connectivity index (χ2v) is 5.61. The van der Waals surface area contributed by atoms with Crippen molar-refractivity contribution in [3.8, 4) is 17.6 Å². The Morgan fingerprint density at radius 3 is 2.45 bits per heavy atom. The van der Waals surface area contributed by atoms with Crippen LogP contribution in [-0.2, 0) is 6.42 Å². The van der Waals surface area contributed by atoms with Crippen LogP contribution in [-0.4, -0.2) is 6.61 Å². The molecule has 0 heterocycles. The predicted octanol–water partition coefficient (Wildman–Crippen LogP) is 5.60. The SMILES string of the molecule is CCCC#CCCc1cc(Cl)cc(C(C)C)c1OCC. The van der Waals surface area contributed by atoms with Gasteiger partial charge in [-0.1, -0.05) is 32.4 Å². The summed E-state index contributed by atoms with van der Waals surface area (Å²) in [5.74, 6) is 7.82. The Balaban J connectivity index is 2.95. The van der Waals surface area contributed by atoms with Crippen LogP contribution in [0.3, 0.4) is 0 Å². The topological polar surface area (TPSA) is 9.23 Å². The third kappa shape index (κ3) is 5.10. The molecular weight excluding hydrogens is 268 g/mol. The molecule has 1 rings (SSSR count). The summed E-state index contributed by atoms with van der Waals surface area (Å²) in [7, 11) is 0. The maximum absolute atomic E-state index is 6.24. The van der Waals surface area contributed by atoms with Crippen molar-refractivity contribution in [2.75, 3.05) is 6.61 Å².